The van der Waals surface area contributed by atoms with Gasteiger partial charge in [-0.15, -0.1) is 24.5 Å². The first-order chi connectivity index (χ1) is 11.4. The Morgan fingerprint density at radius 1 is 1.00 bits per heavy atom. The summed E-state index contributed by atoms with van der Waals surface area (Å²) in [5, 5.41) is 0.904. The van der Waals surface area contributed by atoms with Crippen molar-refractivity contribution >= 4 is 27.4 Å². The molecule has 3 nitrogen and oxygen atoms in total. The number of ether oxygens (including phenoxy) is 2. The summed E-state index contributed by atoms with van der Waals surface area (Å²) >= 11 is 1.30. The molecule has 0 saturated heterocycles. The van der Waals surface area contributed by atoms with Gasteiger partial charge in [0.15, 0.2) is 0 Å². The summed E-state index contributed by atoms with van der Waals surface area (Å²) in [6.07, 6.45) is -4.71. The van der Waals surface area contributed by atoms with Gasteiger partial charge < -0.3 is 9.47 Å². The molecule has 0 aliphatic rings. The lowest BCUT2D eigenvalue weighted by molar-refractivity contribution is -0.274. The Morgan fingerprint density at radius 2 is 1.67 bits per heavy atom. The quantitative estimate of drug-likeness (QED) is 0.604. The van der Waals surface area contributed by atoms with Crippen LogP contribution in [0.5, 0.6) is 5.75 Å². The molecule has 0 amide bonds. The van der Waals surface area contributed by atoms with Gasteiger partial charge in [0.1, 0.15) is 10.6 Å². The highest BCUT2D eigenvalue weighted by Crippen LogP contribution is 2.32. The minimum Gasteiger partial charge on any atom is -0.465 e. The van der Waals surface area contributed by atoms with E-state index in [-0.39, 0.29) is 5.75 Å². The van der Waals surface area contributed by atoms with Crippen molar-refractivity contribution < 1.29 is 27.4 Å². The van der Waals surface area contributed by atoms with Crippen molar-refractivity contribution in [2.45, 2.75) is 6.36 Å². The number of methoxy groups -OCH3 is 1. The molecular weight excluding hydrogens is 341 g/mol. The number of hydrogen-bond donors (Lipinski definition) is 0. The van der Waals surface area contributed by atoms with E-state index in [1.165, 1.54) is 30.6 Å². The van der Waals surface area contributed by atoms with Crippen LogP contribution in [0.3, 0.4) is 0 Å². The van der Waals surface area contributed by atoms with E-state index >= 15 is 0 Å². The Balaban J connectivity index is 1.90. The normalized spacial score (nSPS) is 11.5. The monoisotopic (exact) mass is 352 g/mol. The molecule has 1 aromatic heterocycles. The zero-order chi connectivity index (χ0) is 17.3. The largest absolute Gasteiger partial charge is 0.573 e. The smallest absolute Gasteiger partial charge is 0.465 e. The second-order valence-electron chi connectivity index (χ2n) is 4.93. The number of carbonyl (C=O) groups is 1. The number of carbonyl (C=O) groups excluding carboxylic acids is 1. The Morgan fingerprint density at radius 3 is 2.29 bits per heavy atom. The van der Waals surface area contributed by atoms with Crippen LogP contribution >= 0.6 is 11.3 Å². The van der Waals surface area contributed by atoms with Crippen LogP contribution in [0.2, 0.25) is 0 Å². The molecule has 0 aliphatic carbocycles. The van der Waals surface area contributed by atoms with E-state index < -0.39 is 12.3 Å². The molecule has 0 bridgehead atoms. The van der Waals surface area contributed by atoms with Crippen molar-refractivity contribution in [3.05, 3.63) is 53.4 Å². The number of rotatable bonds is 3. The van der Waals surface area contributed by atoms with E-state index in [1.807, 2.05) is 18.2 Å². The molecule has 0 atom stereocenters. The molecule has 2 aromatic carbocycles. The number of benzene rings is 2. The molecule has 0 saturated carbocycles. The zero-order valence-electron chi connectivity index (χ0n) is 12.4. The Bertz CT molecular complexity index is 882. The van der Waals surface area contributed by atoms with Gasteiger partial charge in [-0.3, -0.25) is 0 Å². The summed E-state index contributed by atoms with van der Waals surface area (Å²) < 4.78 is 46.0. The van der Waals surface area contributed by atoms with Gasteiger partial charge in [-0.1, -0.05) is 24.3 Å². The van der Waals surface area contributed by atoms with Crippen molar-refractivity contribution in [2.75, 3.05) is 7.11 Å². The van der Waals surface area contributed by atoms with Crippen LogP contribution in [-0.2, 0) is 4.74 Å². The predicted octanol–water partition coefficient (Wildman–Crippen LogP) is 5.25. The number of halogens is 3. The third-order valence-electron chi connectivity index (χ3n) is 3.33. The maximum atomic E-state index is 12.2. The number of alkyl halides is 3. The zero-order valence-corrected chi connectivity index (χ0v) is 13.2. The van der Waals surface area contributed by atoms with Gasteiger partial charge in [-0.05, 0) is 40.8 Å². The van der Waals surface area contributed by atoms with E-state index in [2.05, 4.69) is 4.74 Å². The average Bonchev–Trinajstić information content (AvgIpc) is 2.96. The lowest BCUT2D eigenvalue weighted by atomic mass is 10.0. The highest BCUT2D eigenvalue weighted by atomic mass is 32.1. The van der Waals surface area contributed by atoms with E-state index in [4.69, 9.17) is 4.74 Å². The maximum absolute atomic E-state index is 12.2. The number of thiophene rings is 1. The molecule has 124 valence electrons. The van der Waals surface area contributed by atoms with Crippen molar-refractivity contribution in [3.8, 4) is 16.9 Å². The Hall–Kier alpha value is -2.54. The Labute approximate surface area is 139 Å². The first-order valence-electron chi connectivity index (χ1n) is 6.84. The number of hydrogen-bond acceptors (Lipinski definition) is 4. The van der Waals surface area contributed by atoms with Crippen molar-refractivity contribution in [2.24, 2.45) is 0 Å². The van der Waals surface area contributed by atoms with Crippen molar-refractivity contribution in [3.63, 3.8) is 0 Å². The fraction of sp³-hybridized carbons (Fsp3) is 0.118. The van der Waals surface area contributed by atoms with E-state index in [1.54, 1.807) is 18.2 Å². The molecule has 3 rings (SSSR count). The fourth-order valence-corrected chi connectivity index (χ4v) is 3.28. The van der Waals surface area contributed by atoms with Gasteiger partial charge in [-0.2, -0.15) is 0 Å². The summed E-state index contributed by atoms with van der Waals surface area (Å²) in [7, 11) is 1.32. The minimum atomic E-state index is -4.71. The molecule has 0 spiro atoms. The van der Waals surface area contributed by atoms with Crippen LogP contribution in [0.4, 0.5) is 13.2 Å². The van der Waals surface area contributed by atoms with Gasteiger partial charge in [0.2, 0.25) is 0 Å². The summed E-state index contributed by atoms with van der Waals surface area (Å²) in [4.78, 5) is 12.1. The second-order valence-corrected chi connectivity index (χ2v) is 6.01. The van der Waals surface area contributed by atoms with Gasteiger partial charge in [0, 0.05) is 4.70 Å². The molecule has 0 aliphatic heterocycles. The molecule has 0 unspecified atom stereocenters. The minimum absolute atomic E-state index is 0.267. The molecule has 7 heteroatoms. The van der Waals surface area contributed by atoms with Crippen LogP contribution in [0, 0.1) is 0 Å². The molecule has 24 heavy (non-hydrogen) atoms. The van der Waals surface area contributed by atoms with Gasteiger partial charge >= 0.3 is 12.3 Å². The predicted molar refractivity (Wildman–Crippen MR) is 85.3 cm³/mol. The first kappa shape index (κ1) is 16.3. The van der Waals surface area contributed by atoms with E-state index in [0.717, 1.165) is 21.2 Å². The summed E-state index contributed by atoms with van der Waals surface area (Å²) in [6, 6.07) is 13.0. The topological polar surface area (TPSA) is 35.5 Å². The van der Waals surface area contributed by atoms with Crippen molar-refractivity contribution in [1.29, 1.82) is 0 Å². The van der Waals surface area contributed by atoms with Crippen molar-refractivity contribution in [1.82, 2.24) is 0 Å². The average molecular weight is 352 g/mol. The van der Waals surface area contributed by atoms with E-state index in [0.29, 0.717) is 4.88 Å². The van der Waals surface area contributed by atoms with Gasteiger partial charge in [0.05, 0.1) is 7.11 Å². The summed E-state index contributed by atoms with van der Waals surface area (Å²) in [6.45, 7) is 0. The third kappa shape index (κ3) is 3.51. The number of esters is 1. The molecule has 0 N–H and O–H groups in total. The molecular formula is C17H11F3O3S. The van der Waals surface area contributed by atoms with Crippen LogP contribution in [0.1, 0.15) is 9.67 Å². The molecule has 0 fully saturated rings. The van der Waals surface area contributed by atoms with Gasteiger partial charge in [0.25, 0.3) is 0 Å². The second kappa shape index (κ2) is 6.16. The third-order valence-corrected chi connectivity index (χ3v) is 4.41. The standard InChI is InChI=1S/C17H11F3O3S/c1-22-16(21)15-9-12-3-2-11(8-14(12)24-15)10-4-6-13(7-5-10)23-17(18,19)20/h2-9H,1H3. The highest BCUT2D eigenvalue weighted by Gasteiger charge is 2.30. The van der Waals surface area contributed by atoms with Gasteiger partial charge in [-0.25, -0.2) is 4.79 Å². The SMILES string of the molecule is COC(=O)c1cc2ccc(-c3ccc(OC(F)(F)F)cc3)cc2s1. The van der Waals surface area contributed by atoms with Crippen LogP contribution in [-0.4, -0.2) is 19.4 Å². The van der Waals surface area contributed by atoms with E-state index in [9.17, 15) is 18.0 Å². The Kier molecular flexibility index (Phi) is 4.19. The maximum Gasteiger partial charge on any atom is 0.573 e. The van der Waals surface area contributed by atoms with Crippen LogP contribution in [0.25, 0.3) is 21.2 Å². The van der Waals surface area contributed by atoms with Crippen LogP contribution < -0.4 is 4.74 Å². The lowest BCUT2D eigenvalue weighted by Gasteiger charge is -2.09. The molecule has 3 aromatic rings. The highest BCUT2D eigenvalue weighted by molar-refractivity contribution is 7.20. The first-order valence-corrected chi connectivity index (χ1v) is 7.65. The summed E-state index contributed by atoms with van der Waals surface area (Å²) in [5.41, 5.74) is 1.58. The molecule has 0 radical (unpaired) electrons. The van der Waals surface area contributed by atoms with Crippen LogP contribution in [0.15, 0.2) is 48.5 Å². The molecule has 1 heterocycles. The number of fused-ring (bicyclic) bond motifs is 1. The lowest BCUT2D eigenvalue weighted by Crippen LogP contribution is -2.16. The fourth-order valence-electron chi connectivity index (χ4n) is 2.26. The summed E-state index contributed by atoms with van der Waals surface area (Å²) in [5.74, 6) is -0.664.